The quantitative estimate of drug-likeness (QED) is 0.171. The van der Waals surface area contributed by atoms with E-state index in [9.17, 15) is 0 Å². The number of nitrogens with zero attached hydrogens (tertiary/aromatic N) is 3. The molecular weight excluding hydrogens is 703 g/mol. The van der Waals surface area contributed by atoms with Crippen LogP contribution >= 0.6 is 11.3 Å². The number of rotatable bonds is 6. The van der Waals surface area contributed by atoms with Gasteiger partial charge >= 0.3 is 0 Å². The largest absolute Gasteiger partial charge is 0.464 e. The van der Waals surface area contributed by atoms with E-state index in [4.69, 9.17) is 19.4 Å². The number of hydrogen-bond donors (Lipinski definition) is 0. The Morgan fingerprint density at radius 1 is 0.339 bits per heavy atom. The summed E-state index contributed by atoms with van der Waals surface area (Å²) in [7, 11) is 0. The van der Waals surface area contributed by atoms with Crippen molar-refractivity contribution in [1.29, 1.82) is 0 Å². The Morgan fingerprint density at radius 2 is 0.929 bits per heavy atom. The summed E-state index contributed by atoms with van der Waals surface area (Å²) >= 11 is 1.83. The molecule has 11 rings (SSSR count). The van der Waals surface area contributed by atoms with Crippen molar-refractivity contribution >= 4 is 53.3 Å². The van der Waals surface area contributed by atoms with Crippen molar-refractivity contribution in [1.82, 2.24) is 15.0 Å². The number of fused-ring (bicyclic) bond motifs is 5. The van der Waals surface area contributed by atoms with E-state index in [1.807, 2.05) is 41.7 Å². The van der Waals surface area contributed by atoms with Crippen LogP contribution < -0.4 is 0 Å². The van der Waals surface area contributed by atoms with Crippen molar-refractivity contribution in [3.63, 3.8) is 0 Å². The van der Waals surface area contributed by atoms with Gasteiger partial charge in [0.1, 0.15) is 5.58 Å². The van der Waals surface area contributed by atoms with Crippen LogP contribution in [0.3, 0.4) is 0 Å². The van der Waals surface area contributed by atoms with Gasteiger partial charge in [0.2, 0.25) is 0 Å². The molecule has 8 aromatic carbocycles. The molecule has 0 saturated carbocycles. The molecule has 0 saturated heterocycles. The number of furan rings is 1. The highest BCUT2D eigenvalue weighted by molar-refractivity contribution is 7.25. The van der Waals surface area contributed by atoms with Crippen LogP contribution in [0.4, 0.5) is 0 Å². The lowest BCUT2D eigenvalue weighted by Gasteiger charge is -2.14. The SMILES string of the molecule is c1ccc(-c2nc(-c3cc(-c4ccc5occc5c4)cc(-c4ccc5c(c4)sc4ccccc45)c3)nc(-c3cccc4c(-c5ccccc5)cccc34)n2)cc1. The first-order valence-electron chi connectivity index (χ1n) is 18.7. The topological polar surface area (TPSA) is 51.8 Å². The molecule has 0 aliphatic rings. The molecular formula is C51H31N3OS. The van der Waals surface area contributed by atoms with E-state index in [0.29, 0.717) is 17.5 Å². The standard InChI is InChI=1S/C51H31N3OS/c1-3-11-32(12-4-1)40-16-9-18-42-41(40)17-10-19-45(42)51-53-49(33-13-5-2-6-14-33)52-50(54-51)39-29-37(34-22-24-46-36(27-34)25-26-55-46)28-38(30-39)35-21-23-44-43-15-7-8-20-47(43)56-48(44)31-35/h1-31H. The van der Waals surface area contributed by atoms with Crippen LogP contribution in [0.5, 0.6) is 0 Å². The van der Waals surface area contributed by atoms with Crippen LogP contribution in [-0.2, 0) is 0 Å². The van der Waals surface area contributed by atoms with Crippen molar-refractivity contribution in [2.24, 2.45) is 0 Å². The fourth-order valence-electron chi connectivity index (χ4n) is 7.86. The van der Waals surface area contributed by atoms with Gasteiger partial charge in [0.05, 0.1) is 6.26 Å². The van der Waals surface area contributed by atoms with E-state index in [2.05, 4.69) is 152 Å². The van der Waals surface area contributed by atoms with Gasteiger partial charge in [-0.05, 0) is 92.7 Å². The summed E-state index contributed by atoms with van der Waals surface area (Å²) in [6.07, 6.45) is 1.74. The maximum absolute atomic E-state index is 5.71. The molecule has 5 heteroatoms. The summed E-state index contributed by atoms with van der Waals surface area (Å²) in [4.78, 5) is 15.7. The summed E-state index contributed by atoms with van der Waals surface area (Å²) in [5.41, 5.74) is 10.4. The van der Waals surface area contributed by atoms with Crippen LogP contribution in [0.1, 0.15) is 0 Å². The maximum Gasteiger partial charge on any atom is 0.164 e. The van der Waals surface area contributed by atoms with E-state index in [1.165, 1.54) is 31.3 Å². The van der Waals surface area contributed by atoms with E-state index in [1.54, 1.807) is 6.26 Å². The van der Waals surface area contributed by atoms with Crippen LogP contribution in [0.15, 0.2) is 193 Å². The summed E-state index contributed by atoms with van der Waals surface area (Å²) in [6, 6.07) is 64.1. The average molecular weight is 734 g/mol. The van der Waals surface area contributed by atoms with Gasteiger partial charge < -0.3 is 4.42 Å². The fraction of sp³-hybridized carbons (Fsp3) is 0. The van der Waals surface area contributed by atoms with E-state index >= 15 is 0 Å². The van der Waals surface area contributed by atoms with Crippen molar-refractivity contribution in [3.8, 4) is 67.5 Å². The summed E-state index contributed by atoms with van der Waals surface area (Å²) < 4.78 is 8.26. The third-order valence-electron chi connectivity index (χ3n) is 10.6. The van der Waals surface area contributed by atoms with Gasteiger partial charge in [0.25, 0.3) is 0 Å². The number of benzene rings is 8. The summed E-state index contributed by atoms with van der Waals surface area (Å²) in [6.45, 7) is 0. The highest BCUT2D eigenvalue weighted by Gasteiger charge is 2.18. The smallest absolute Gasteiger partial charge is 0.164 e. The zero-order valence-corrected chi connectivity index (χ0v) is 30.9. The minimum atomic E-state index is 0.612. The zero-order chi connectivity index (χ0) is 37.0. The molecule has 262 valence electrons. The predicted octanol–water partition coefficient (Wildman–Crippen LogP) is 14.1. The molecule has 3 aromatic heterocycles. The second-order valence-electron chi connectivity index (χ2n) is 14.0. The lowest BCUT2D eigenvalue weighted by molar-refractivity contribution is 0.616. The molecule has 0 fully saturated rings. The average Bonchev–Trinajstić information content (AvgIpc) is 3.90. The van der Waals surface area contributed by atoms with Crippen LogP contribution in [0.2, 0.25) is 0 Å². The Hall–Kier alpha value is -7.21. The molecule has 4 nitrogen and oxygen atoms in total. The van der Waals surface area contributed by atoms with Gasteiger partial charge in [-0.25, -0.2) is 15.0 Å². The Balaban J connectivity index is 1.14. The first-order valence-corrected chi connectivity index (χ1v) is 19.5. The van der Waals surface area contributed by atoms with Gasteiger partial charge in [0.15, 0.2) is 17.5 Å². The molecule has 0 bridgehead atoms. The Kier molecular flexibility index (Phi) is 7.64. The van der Waals surface area contributed by atoms with Crippen molar-refractivity contribution in [3.05, 3.63) is 188 Å². The highest BCUT2D eigenvalue weighted by atomic mass is 32.1. The molecule has 0 amide bonds. The first-order chi connectivity index (χ1) is 27.7. The molecule has 0 unspecified atom stereocenters. The molecule has 0 radical (unpaired) electrons. The first kappa shape index (κ1) is 32.2. The lowest BCUT2D eigenvalue weighted by atomic mass is 9.94. The number of aromatic nitrogens is 3. The Bertz CT molecular complexity index is 3260. The van der Waals surface area contributed by atoms with Gasteiger partial charge in [-0.1, -0.05) is 133 Å². The van der Waals surface area contributed by atoms with Crippen molar-refractivity contribution < 1.29 is 4.42 Å². The predicted molar refractivity (Wildman–Crippen MR) is 233 cm³/mol. The van der Waals surface area contributed by atoms with Gasteiger partial charge in [0, 0.05) is 42.2 Å². The maximum atomic E-state index is 5.71. The second-order valence-corrected chi connectivity index (χ2v) is 15.1. The molecule has 0 N–H and O–H groups in total. The van der Waals surface area contributed by atoms with Crippen LogP contribution in [0.25, 0.3) is 109 Å². The third kappa shape index (κ3) is 5.65. The molecule has 3 heterocycles. The molecule has 0 atom stereocenters. The van der Waals surface area contributed by atoms with E-state index in [0.717, 1.165) is 60.7 Å². The monoisotopic (exact) mass is 733 g/mol. The molecule has 0 aliphatic carbocycles. The lowest BCUT2D eigenvalue weighted by Crippen LogP contribution is -2.01. The van der Waals surface area contributed by atoms with E-state index < -0.39 is 0 Å². The van der Waals surface area contributed by atoms with Gasteiger partial charge in [-0.3, -0.25) is 0 Å². The van der Waals surface area contributed by atoms with E-state index in [-0.39, 0.29) is 0 Å². The normalized spacial score (nSPS) is 11.6. The van der Waals surface area contributed by atoms with Crippen LogP contribution in [0, 0.1) is 0 Å². The summed E-state index contributed by atoms with van der Waals surface area (Å²) in [5.74, 6) is 1.86. The number of thiophene rings is 1. The number of hydrogen-bond acceptors (Lipinski definition) is 5. The highest BCUT2D eigenvalue weighted by Crippen LogP contribution is 2.40. The van der Waals surface area contributed by atoms with Gasteiger partial charge in [-0.15, -0.1) is 11.3 Å². The van der Waals surface area contributed by atoms with Crippen molar-refractivity contribution in [2.75, 3.05) is 0 Å². The Morgan fingerprint density at radius 3 is 1.73 bits per heavy atom. The van der Waals surface area contributed by atoms with Crippen LogP contribution in [-0.4, -0.2) is 15.0 Å². The fourth-order valence-corrected chi connectivity index (χ4v) is 9.00. The molecule has 11 aromatic rings. The molecule has 0 spiro atoms. The molecule has 56 heavy (non-hydrogen) atoms. The molecule has 0 aliphatic heterocycles. The van der Waals surface area contributed by atoms with Crippen molar-refractivity contribution in [2.45, 2.75) is 0 Å². The third-order valence-corrected chi connectivity index (χ3v) is 11.7. The minimum absolute atomic E-state index is 0.612. The zero-order valence-electron chi connectivity index (χ0n) is 30.1. The summed E-state index contributed by atoms with van der Waals surface area (Å²) in [5, 5.41) is 5.86. The van der Waals surface area contributed by atoms with Gasteiger partial charge in [-0.2, -0.15) is 0 Å². The Labute approximate surface area is 327 Å². The minimum Gasteiger partial charge on any atom is -0.464 e. The second kappa shape index (κ2) is 13.3.